The third kappa shape index (κ3) is 4.18. The number of methoxy groups -OCH3 is 1. The SMILES string of the molecule is CCOCc1cc(CN2[C@H]3CC[C@H]2CC(O)(c2ccc(F)cc2)C3)ccc1OC. The molecule has 29 heavy (non-hydrogen) atoms. The monoisotopic (exact) mass is 399 g/mol. The van der Waals surface area contributed by atoms with Crippen LogP contribution in [-0.2, 0) is 23.5 Å². The summed E-state index contributed by atoms with van der Waals surface area (Å²) in [6, 6.07) is 13.3. The van der Waals surface area contributed by atoms with Crippen LogP contribution in [0.2, 0.25) is 0 Å². The molecule has 0 radical (unpaired) electrons. The number of fused-ring (bicyclic) bond motifs is 2. The van der Waals surface area contributed by atoms with E-state index in [0.717, 1.165) is 36.3 Å². The summed E-state index contributed by atoms with van der Waals surface area (Å²) in [6.07, 6.45) is 3.57. The van der Waals surface area contributed by atoms with Crippen LogP contribution in [0, 0.1) is 5.82 Å². The lowest BCUT2D eigenvalue weighted by Crippen LogP contribution is -2.49. The van der Waals surface area contributed by atoms with Crippen molar-refractivity contribution in [1.29, 1.82) is 0 Å². The number of rotatable bonds is 7. The van der Waals surface area contributed by atoms with Crippen LogP contribution in [-0.4, -0.2) is 35.8 Å². The summed E-state index contributed by atoms with van der Waals surface area (Å²) in [6.45, 7) is 4.07. The first-order chi connectivity index (χ1) is 14.0. The highest BCUT2D eigenvalue weighted by molar-refractivity contribution is 5.37. The van der Waals surface area contributed by atoms with Gasteiger partial charge in [0.05, 0.1) is 19.3 Å². The minimum absolute atomic E-state index is 0.264. The lowest BCUT2D eigenvalue weighted by Gasteiger charge is -2.44. The number of nitrogens with zero attached hydrogens (tertiary/aromatic N) is 1. The fourth-order valence-corrected chi connectivity index (χ4v) is 5.04. The van der Waals surface area contributed by atoms with Gasteiger partial charge in [-0.1, -0.05) is 18.2 Å². The van der Waals surface area contributed by atoms with E-state index < -0.39 is 5.60 Å². The molecule has 2 aromatic carbocycles. The lowest BCUT2D eigenvalue weighted by molar-refractivity contribution is -0.0595. The first kappa shape index (κ1) is 20.3. The highest BCUT2D eigenvalue weighted by Gasteiger charge is 2.48. The lowest BCUT2D eigenvalue weighted by atomic mass is 9.80. The molecular formula is C24H30FNO3. The summed E-state index contributed by atoms with van der Waals surface area (Å²) in [5.74, 6) is 0.592. The van der Waals surface area contributed by atoms with Crippen LogP contribution in [0.1, 0.15) is 49.3 Å². The van der Waals surface area contributed by atoms with Gasteiger partial charge in [0, 0.05) is 30.8 Å². The molecule has 2 atom stereocenters. The molecule has 2 saturated heterocycles. The Morgan fingerprint density at radius 3 is 2.41 bits per heavy atom. The number of halogens is 1. The smallest absolute Gasteiger partial charge is 0.124 e. The fourth-order valence-electron chi connectivity index (χ4n) is 5.04. The second kappa shape index (κ2) is 8.42. The van der Waals surface area contributed by atoms with E-state index in [1.165, 1.54) is 17.7 Å². The zero-order valence-corrected chi connectivity index (χ0v) is 17.2. The minimum atomic E-state index is -0.865. The molecule has 0 amide bonds. The zero-order chi connectivity index (χ0) is 20.4. The number of aliphatic hydroxyl groups is 1. The van der Waals surface area contributed by atoms with Crippen LogP contribution in [0.25, 0.3) is 0 Å². The Balaban J connectivity index is 1.50. The van der Waals surface area contributed by atoms with E-state index in [0.29, 0.717) is 38.1 Å². The van der Waals surface area contributed by atoms with Crippen molar-refractivity contribution < 1.29 is 19.0 Å². The molecule has 156 valence electrons. The van der Waals surface area contributed by atoms with E-state index in [9.17, 15) is 9.50 Å². The molecule has 0 aliphatic carbocycles. The number of hydrogen-bond donors (Lipinski definition) is 1. The van der Waals surface area contributed by atoms with Crippen molar-refractivity contribution in [1.82, 2.24) is 4.90 Å². The van der Waals surface area contributed by atoms with Crippen molar-refractivity contribution in [3.05, 3.63) is 65.0 Å². The second-order valence-electron chi connectivity index (χ2n) is 8.29. The molecule has 2 aliphatic rings. The van der Waals surface area contributed by atoms with Gasteiger partial charge >= 0.3 is 0 Å². The van der Waals surface area contributed by atoms with E-state index in [1.807, 2.05) is 13.0 Å². The number of piperidine rings is 1. The van der Waals surface area contributed by atoms with Crippen LogP contribution in [0.15, 0.2) is 42.5 Å². The third-order valence-electron chi connectivity index (χ3n) is 6.47. The highest BCUT2D eigenvalue weighted by Crippen LogP contribution is 2.46. The van der Waals surface area contributed by atoms with Gasteiger partial charge in [-0.15, -0.1) is 0 Å². The van der Waals surface area contributed by atoms with Crippen LogP contribution >= 0.6 is 0 Å². The van der Waals surface area contributed by atoms with Gasteiger partial charge in [0.1, 0.15) is 11.6 Å². The van der Waals surface area contributed by atoms with Crippen LogP contribution < -0.4 is 4.74 Å². The average molecular weight is 400 g/mol. The van der Waals surface area contributed by atoms with Gasteiger partial charge in [0.2, 0.25) is 0 Å². The molecule has 2 bridgehead atoms. The van der Waals surface area contributed by atoms with Gasteiger partial charge in [-0.25, -0.2) is 4.39 Å². The van der Waals surface area contributed by atoms with Crippen LogP contribution in [0.4, 0.5) is 4.39 Å². The highest BCUT2D eigenvalue weighted by atomic mass is 19.1. The van der Waals surface area contributed by atoms with E-state index in [4.69, 9.17) is 9.47 Å². The maximum absolute atomic E-state index is 13.3. The van der Waals surface area contributed by atoms with Gasteiger partial charge in [0.25, 0.3) is 0 Å². The minimum Gasteiger partial charge on any atom is -0.496 e. The van der Waals surface area contributed by atoms with Crippen molar-refractivity contribution >= 4 is 0 Å². The molecule has 5 heteroatoms. The summed E-state index contributed by atoms with van der Waals surface area (Å²) in [5, 5.41) is 11.3. The topological polar surface area (TPSA) is 41.9 Å². The molecule has 0 spiro atoms. The molecule has 4 rings (SSSR count). The molecule has 2 aliphatic heterocycles. The first-order valence-corrected chi connectivity index (χ1v) is 10.5. The molecule has 0 unspecified atom stereocenters. The van der Waals surface area contributed by atoms with Gasteiger partial charge in [0.15, 0.2) is 0 Å². The quantitative estimate of drug-likeness (QED) is 0.750. The Morgan fingerprint density at radius 2 is 1.79 bits per heavy atom. The van der Waals surface area contributed by atoms with Crippen molar-refractivity contribution in [3.8, 4) is 5.75 Å². The molecule has 0 aromatic heterocycles. The van der Waals surface area contributed by atoms with E-state index in [1.54, 1.807) is 19.2 Å². The molecule has 4 nitrogen and oxygen atoms in total. The number of hydrogen-bond acceptors (Lipinski definition) is 4. The Bertz CT molecular complexity index is 825. The summed E-state index contributed by atoms with van der Waals surface area (Å²) in [4.78, 5) is 2.53. The summed E-state index contributed by atoms with van der Waals surface area (Å²) in [7, 11) is 1.69. The molecule has 0 saturated carbocycles. The first-order valence-electron chi connectivity index (χ1n) is 10.5. The van der Waals surface area contributed by atoms with Crippen LogP contribution in [0.3, 0.4) is 0 Å². The Kier molecular flexibility index (Phi) is 5.91. The van der Waals surface area contributed by atoms with Crippen molar-refractivity contribution in [3.63, 3.8) is 0 Å². The third-order valence-corrected chi connectivity index (χ3v) is 6.47. The average Bonchev–Trinajstić information content (AvgIpc) is 2.96. The number of ether oxygens (including phenoxy) is 2. The molecule has 2 fully saturated rings. The maximum atomic E-state index is 13.3. The summed E-state index contributed by atoms with van der Waals surface area (Å²) >= 11 is 0. The Labute approximate surface area is 172 Å². The molecule has 1 N–H and O–H groups in total. The maximum Gasteiger partial charge on any atom is 0.124 e. The Morgan fingerprint density at radius 1 is 1.10 bits per heavy atom. The van der Waals surface area contributed by atoms with E-state index >= 15 is 0 Å². The molecule has 2 heterocycles. The molecular weight excluding hydrogens is 369 g/mol. The fraction of sp³-hybridized carbons (Fsp3) is 0.500. The predicted molar refractivity (Wildman–Crippen MR) is 110 cm³/mol. The summed E-state index contributed by atoms with van der Waals surface area (Å²) in [5.41, 5.74) is 2.28. The summed E-state index contributed by atoms with van der Waals surface area (Å²) < 4.78 is 24.4. The van der Waals surface area contributed by atoms with Gasteiger partial charge in [-0.3, -0.25) is 4.90 Å². The standard InChI is InChI=1S/C24H30FNO3/c1-3-29-16-18-12-17(4-11-23(18)28-2)15-26-21-9-10-22(26)14-24(27,13-21)19-5-7-20(25)8-6-19/h4-8,11-12,21-22,27H,3,9-10,13-16H2,1-2H3/t21-,22-/m0/s1. The predicted octanol–water partition coefficient (Wildman–Crippen LogP) is 4.39. The zero-order valence-electron chi connectivity index (χ0n) is 17.2. The molecule has 2 aromatic rings. The van der Waals surface area contributed by atoms with Gasteiger partial charge < -0.3 is 14.6 Å². The number of benzene rings is 2. The van der Waals surface area contributed by atoms with E-state index in [-0.39, 0.29) is 5.82 Å². The van der Waals surface area contributed by atoms with E-state index in [2.05, 4.69) is 17.0 Å². The van der Waals surface area contributed by atoms with Crippen molar-refractivity contribution in [2.24, 2.45) is 0 Å². The largest absolute Gasteiger partial charge is 0.496 e. The Hall–Kier alpha value is -1.95. The second-order valence-corrected chi connectivity index (χ2v) is 8.29. The van der Waals surface area contributed by atoms with Gasteiger partial charge in [-0.2, -0.15) is 0 Å². The normalized spacial score (nSPS) is 26.6. The van der Waals surface area contributed by atoms with Crippen LogP contribution in [0.5, 0.6) is 5.75 Å². The van der Waals surface area contributed by atoms with Gasteiger partial charge in [-0.05, 0) is 68.0 Å². The van der Waals surface area contributed by atoms with Crippen molar-refractivity contribution in [2.45, 2.75) is 63.4 Å². The van der Waals surface area contributed by atoms with Crippen molar-refractivity contribution in [2.75, 3.05) is 13.7 Å².